The summed E-state index contributed by atoms with van der Waals surface area (Å²) in [6, 6.07) is 3.77. The molecule has 1 aliphatic rings. The van der Waals surface area contributed by atoms with Gasteiger partial charge in [-0.2, -0.15) is 0 Å². The monoisotopic (exact) mass is 238 g/mol. The molecular weight excluding hydrogens is 220 g/mol. The highest BCUT2D eigenvalue weighted by Crippen LogP contribution is 2.13. The normalized spacial score (nSPS) is 19.2. The molecule has 1 aromatic rings. The quantitative estimate of drug-likeness (QED) is 0.776. The van der Waals surface area contributed by atoms with Crippen LogP contribution in [0.5, 0.6) is 0 Å². The van der Waals surface area contributed by atoms with Gasteiger partial charge < -0.3 is 14.6 Å². The van der Waals surface area contributed by atoms with E-state index in [4.69, 9.17) is 9.47 Å². The van der Waals surface area contributed by atoms with Crippen LogP contribution in [0.3, 0.4) is 0 Å². The van der Waals surface area contributed by atoms with Crippen molar-refractivity contribution >= 4 is 0 Å². The van der Waals surface area contributed by atoms with Crippen molar-refractivity contribution in [2.75, 3.05) is 33.4 Å². The van der Waals surface area contributed by atoms with E-state index in [0.29, 0.717) is 5.56 Å². The predicted octanol–water partition coefficient (Wildman–Crippen LogP) is 0.551. The lowest BCUT2D eigenvalue weighted by atomic mass is 10.2. The van der Waals surface area contributed by atoms with E-state index >= 15 is 0 Å². The maximum Gasteiger partial charge on any atom is 0.182 e. The molecule has 1 fully saturated rings. The summed E-state index contributed by atoms with van der Waals surface area (Å²) in [6.07, 6.45) is 0.768. The van der Waals surface area contributed by atoms with Crippen LogP contribution in [0.4, 0.5) is 0 Å². The van der Waals surface area contributed by atoms with Gasteiger partial charge >= 0.3 is 0 Å². The van der Waals surface area contributed by atoms with Crippen LogP contribution in [-0.2, 0) is 16.0 Å². The highest BCUT2D eigenvalue weighted by Gasteiger charge is 2.12. The van der Waals surface area contributed by atoms with Crippen molar-refractivity contribution in [1.29, 1.82) is 0 Å². The van der Waals surface area contributed by atoms with Crippen LogP contribution in [0.15, 0.2) is 18.3 Å². The van der Waals surface area contributed by atoms with Crippen LogP contribution in [-0.4, -0.2) is 48.4 Å². The van der Waals surface area contributed by atoms with E-state index in [1.54, 1.807) is 6.20 Å². The molecule has 1 aromatic heterocycles. The number of ether oxygens (including phenoxy) is 2. The van der Waals surface area contributed by atoms with E-state index in [9.17, 15) is 5.11 Å². The molecule has 1 atom stereocenters. The molecule has 0 saturated carbocycles. The summed E-state index contributed by atoms with van der Waals surface area (Å²) in [6.45, 7) is 4.31. The lowest BCUT2D eigenvalue weighted by Gasteiger charge is -2.26. The van der Waals surface area contributed by atoms with E-state index in [-0.39, 0.29) is 0 Å². The second-order valence-electron chi connectivity index (χ2n) is 4.06. The third-order valence-corrected chi connectivity index (χ3v) is 2.85. The number of pyridine rings is 1. The van der Waals surface area contributed by atoms with E-state index in [0.717, 1.165) is 38.5 Å². The van der Waals surface area contributed by atoms with Crippen LogP contribution >= 0.6 is 0 Å². The molecule has 5 nitrogen and oxygen atoms in total. The predicted molar refractivity (Wildman–Crippen MR) is 62.3 cm³/mol. The largest absolute Gasteiger partial charge is 0.379 e. The summed E-state index contributed by atoms with van der Waals surface area (Å²) in [5.74, 6) is 0. The van der Waals surface area contributed by atoms with Gasteiger partial charge in [0.05, 0.1) is 18.9 Å². The third-order valence-electron chi connectivity index (χ3n) is 2.85. The lowest BCUT2D eigenvalue weighted by molar-refractivity contribution is -0.0771. The Morgan fingerprint density at radius 1 is 1.47 bits per heavy atom. The summed E-state index contributed by atoms with van der Waals surface area (Å²) < 4.78 is 10.1. The van der Waals surface area contributed by atoms with Gasteiger partial charge in [0.1, 0.15) is 0 Å². The molecule has 1 saturated heterocycles. The zero-order valence-corrected chi connectivity index (χ0v) is 10.0. The summed E-state index contributed by atoms with van der Waals surface area (Å²) in [5.41, 5.74) is 1.68. The first-order chi connectivity index (χ1) is 8.29. The first-order valence-electron chi connectivity index (χ1n) is 5.75. The summed E-state index contributed by atoms with van der Waals surface area (Å²) in [5, 5.41) is 9.45. The molecule has 2 rings (SSSR count). The van der Waals surface area contributed by atoms with Crippen LogP contribution in [0.1, 0.15) is 17.5 Å². The molecule has 0 bridgehead atoms. The molecule has 2 heterocycles. The van der Waals surface area contributed by atoms with Crippen molar-refractivity contribution in [2.45, 2.75) is 12.8 Å². The molecule has 94 valence electrons. The lowest BCUT2D eigenvalue weighted by Crippen LogP contribution is -2.35. The highest BCUT2D eigenvalue weighted by atomic mass is 16.6. The number of methoxy groups -OCH3 is 1. The van der Waals surface area contributed by atoms with Crippen LogP contribution < -0.4 is 0 Å². The SMILES string of the molecule is COC(O)c1ccc(CN2CCOCC2)nc1. The first-order valence-corrected chi connectivity index (χ1v) is 5.75. The van der Waals surface area contributed by atoms with Crippen LogP contribution in [0.25, 0.3) is 0 Å². The fourth-order valence-corrected chi connectivity index (χ4v) is 1.80. The summed E-state index contributed by atoms with van der Waals surface area (Å²) in [4.78, 5) is 6.62. The van der Waals surface area contributed by atoms with Gasteiger partial charge in [0, 0.05) is 38.5 Å². The highest BCUT2D eigenvalue weighted by molar-refractivity contribution is 5.15. The van der Waals surface area contributed by atoms with Crippen LogP contribution in [0, 0.1) is 0 Å². The van der Waals surface area contributed by atoms with E-state index in [2.05, 4.69) is 9.88 Å². The van der Waals surface area contributed by atoms with Gasteiger partial charge in [-0.3, -0.25) is 9.88 Å². The van der Waals surface area contributed by atoms with Crippen molar-refractivity contribution < 1.29 is 14.6 Å². The number of aromatic nitrogens is 1. The maximum absolute atomic E-state index is 9.45. The number of nitrogens with zero attached hydrogens (tertiary/aromatic N) is 2. The second-order valence-corrected chi connectivity index (χ2v) is 4.06. The van der Waals surface area contributed by atoms with Crippen molar-refractivity contribution in [2.24, 2.45) is 0 Å². The number of morpholine rings is 1. The van der Waals surface area contributed by atoms with E-state index < -0.39 is 6.29 Å². The van der Waals surface area contributed by atoms with Gasteiger partial charge in [-0.05, 0) is 6.07 Å². The average molecular weight is 238 g/mol. The maximum atomic E-state index is 9.45. The Kier molecular flexibility index (Phi) is 4.44. The zero-order valence-electron chi connectivity index (χ0n) is 10.0. The Hall–Kier alpha value is -1.01. The van der Waals surface area contributed by atoms with Gasteiger partial charge in [0.15, 0.2) is 6.29 Å². The van der Waals surface area contributed by atoms with Crippen molar-refractivity contribution in [3.05, 3.63) is 29.6 Å². The summed E-state index contributed by atoms with van der Waals surface area (Å²) in [7, 11) is 1.46. The molecular formula is C12H18N2O3. The zero-order chi connectivity index (χ0) is 12.1. The minimum Gasteiger partial charge on any atom is -0.379 e. The van der Waals surface area contributed by atoms with Crippen molar-refractivity contribution in [1.82, 2.24) is 9.88 Å². The standard InChI is InChI=1S/C12H18N2O3/c1-16-12(15)10-2-3-11(13-8-10)9-14-4-6-17-7-5-14/h2-3,8,12,15H,4-7,9H2,1H3. The Morgan fingerprint density at radius 2 is 2.24 bits per heavy atom. The molecule has 1 N–H and O–H groups in total. The van der Waals surface area contributed by atoms with E-state index in [1.165, 1.54) is 7.11 Å². The fraction of sp³-hybridized carbons (Fsp3) is 0.583. The molecule has 5 heteroatoms. The van der Waals surface area contributed by atoms with Gasteiger partial charge in [-0.25, -0.2) is 0 Å². The number of aliphatic hydroxyl groups is 1. The number of rotatable bonds is 4. The minimum atomic E-state index is -0.889. The van der Waals surface area contributed by atoms with Crippen molar-refractivity contribution in [3.63, 3.8) is 0 Å². The fourth-order valence-electron chi connectivity index (χ4n) is 1.80. The number of aliphatic hydroxyl groups excluding tert-OH is 1. The molecule has 1 unspecified atom stereocenters. The molecule has 0 amide bonds. The summed E-state index contributed by atoms with van der Waals surface area (Å²) >= 11 is 0. The molecule has 0 radical (unpaired) electrons. The topological polar surface area (TPSA) is 54.8 Å². The smallest absolute Gasteiger partial charge is 0.182 e. The Bertz CT molecular complexity index is 336. The average Bonchev–Trinajstić information content (AvgIpc) is 2.40. The Balaban J connectivity index is 1.93. The Morgan fingerprint density at radius 3 is 2.82 bits per heavy atom. The van der Waals surface area contributed by atoms with Crippen LogP contribution in [0.2, 0.25) is 0 Å². The number of hydrogen-bond donors (Lipinski definition) is 1. The minimum absolute atomic E-state index is 0.679. The van der Waals surface area contributed by atoms with Gasteiger partial charge in [0.25, 0.3) is 0 Å². The van der Waals surface area contributed by atoms with E-state index in [1.807, 2.05) is 12.1 Å². The van der Waals surface area contributed by atoms with Gasteiger partial charge in [-0.15, -0.1) is 0 Å². The second kappa shape index (κ2) is 6.07. The molecule has 0 spiro atoms. The molecule has 1 aliphatic heterocycles. The van der Waals surface area contributed by atoms with Crippen molar-refractivity contribution in [3.8, 4) is 0 Å². The first kappa shape index (κ1) is 12.4. The van der Waals surface area contributed by atoms with Gasteiger partial charge in [0.2, 0.25) is 0 Å². The molecule has 0 aromatic carbocycles. The number of hydrogen-bond acceptors (Lipinski definition) is 5. The third kappa shape index (κ3) is 3.47. The molecule has 17 heavy (non-hydrogen) atoms. The Labute approximate surface area is 101 Å². The molecule has 0 aliphatic carbocycles. The van der Waals surface area contributed by atoms with Gasteiger partial charge in [-0.1, -0.05) is 6.07 Å².